The predicted octanol–water partition coefficient (Wildman–Crippen LogP) is 1.87. The normalized spacial score (nSPS) is 19.4. The molecule has 1 unspecified atom stereocenters. The van der Waals surface area contributed by atoms with E-state index in [1.54, 1.807) is 4.90 Å². The van der Waals surface area contributed by atoms with Crippen molar-refractivity contribution in [3.05, 3.63) is 0 Å². The zero-order valence-corrected chi connectivity index (χ0v) is 15.0. The van der Waals surface area contributed by atoms with Gasteiger partial charge in [-0.3, -0.25) is 19.5 Å². The van der Waals surface area contributed by atoms with Crippen LogP contribution in [0.25, 0.3) is 0 Å². The van der Waals surface area contributed by atoms with Gasteiger partial charge in [0.15, 0.2) is 0 Å². The standard InChI is InChI=1S/C16H32N4O2/c1-7-9-17(5)11-19-14(13(3)4)15(21)20(16(19)22)12-18(6)10-8-2/h13-14H,7-12H2,1-6H3. The Hall–Kier alpha value is -1.14. The summed E-state index contributed by atoms with van der Waals surface area (Å²) in [6, 6.07) is -0.503. The van der Waals surface area contributed by atoms with E-state index >= 15 is 0 Å². The van der Waals surface area contributed by atoms with E-state index < -0.39 is 0 Å². The molecule has 0 spiro atoms. The highest BCUT2D eigenvalue weighted by molar-refractivity contribution is 6.04. The molecule has 0 radical (unpaired) electrons. The van der Waals surface area contributed by atoms with Crippen LogP contribution in [0.2, 0.25) is 0 Å². The van der Waals surface area contributed by atoms with E-state index in [2.05, 4.69) is 18.7 Å². The van der Waals surface area contributed by atoms with Crippen molar-refractivity contribution in [3.63, 3.8) is 0 Å². The molecule has 1 fully saturated rings. The number of hydrogen-bond acceptors (Lipinski definition) is 4. The Morgan fingerprint density at radius 3 is 1.95 bits per heavy atom. The molecule has 1 saturated heterocycles. The van der Waals surface area contributed by atoms with Crippen molar-refractivity contribution in [1.29, 1.82) is 0 Å². The lowest BCUT2D eigenvalue weighted by Gasteiger charge is -2.29. The number of amides is 3. The first kappa shape index (κ1) is 18.9. The van der Waals surface area contributed by atoms with Crippen LogP contribution in [0.1, 0.15) is 40.5 Å². The molecule has 1 aliphatic heterocycles. The SMILES string of the molecule is CCCN(C)CN1C(=O)C(C(C)C)N(CN(C)CCC)C1=O. The minimum Gasteiger partial charge on any atom is -0.299 e. The van der Waals surface area contributed by atoms with Gasteiger partial charge >= 0.3 is 6.03 Å². The fraction of sp³-hybridized carbons (Fsp3) is 0.875. The van der Waals surface area contributed by atoms with Gasteiger partial charge in [0, 0.05) is 0 Å². The second-order valence-electron chi connectivity index (χ2n) is 6.65. The molecule has 0 saturated carbocycles. The molecule has 0 aliphatic carbocycles. The third kappa shape index (κ3) is 4.43. The Morgan fingerprint density at radius 2 is 1.50 bits per heavy atom. The number of imide groups is 1. The summed E-state index contributed by atoms with van der Waals surface area (Å²) in [4.78, 5) is 32.6. The first-order valence-electron chi connectivity index (χ1n) is 8.32. The average Bonchev–Trinajstić information content (AvgIpc) is 2.64. The van der Waals surface area contributed by atoms with Crippen LogP contribution in [0.5, 0.6) is 0 Å². The van der Waals surface area contributed by atoms with Crippen LogP contribution in [0, 0.1) is 5.92 Å². The maximum Gasteiger partial charge on any atom is 0.329 e. The highest BCUT2D eigenvalue weighted by Crippen LogP contribution is 2.24. The Kier molecular flexibility index (Phi) is 7.29. The molecule has 22 heavy (non-hydrogen) atoms. The van der Waals surface area contributed by atoms with E-state index in [9.17, 15) is 9.59 Å². The van der Waals surface area contributed by atoms with Crippen molar-refractivity contribution >= 4 is 11.9 Å². The molecule has 1 rings (SSSR count). The van der Waals surface area contributed by atoms with E-state index in [-0.39, 0.29) is 23.9 Å². The van der Waals surface area contributed by atoms with E-state index in [0.717, 1.165) is 25.9 Å². The van der Waals surface area contributed by atoms with E-state index in [0.29, 0.717) is 13.3 Å². The van der Waals surface area contributed by atoms with Gasteiger partial charge in [-0.05, 0) is 45.9 Å². The van der Waals surface area contributed by atoms with Crippen molar-refractivity contribution in [3.8, 4) is 0 Å². The summed E-state index contributed by atoms with van der Waals surface area (Å²) in [6.45, 7) is 10.9. The molecule has 128 valence electrons. The van der Waals surface area contributed by atoms with Gasteiger partial charge in [0.25, 0.3) is 5.91 Å². The van der Waals surface area contributed by atoms with Crippen molar-refractivity contribution in [2.24, 2.45) is 5.92 Å². The van der Waals surface area contributed by atoms with Gasteiger partial charge in [-0.25, -0.2) is 9.69 Å². The molecular formula is C16H32N4O2. The molecule has 1 aliphatic rings. The molecule has 0 aromatic heterocycles. The van der Waals surface area contributed by atoms with E-state index in [1.165, 1.54) is 4.90 Å². The molecule has 1 heterocycles. The monoisotopic (exact) mass is 312 g/mol. The van der Waals surface area contributed by atoms with Gasteiger partial charge in [-0.1, -0.05) is 27.7 Å². The molecule has 0 aromatic carbocycles. The highest BCUT2D eigenvalue weighted by Gasteiger charge is 2.46. The van der Waals surface area contributed by atoms with Crippen molar-refractivity contribution in [2.75, 3.05) is 40.5 Å². The number of carbonyl (C=O) groups excluding carboxylic acids is 2. The summed E-state index contributed by atoms with van der Waals surface area (Å²) in [5.41, 5.74) is 0. The summed E-state index contributed by atoms with van der Waals surface area (Å²) in [7, 11) is 3.94. The van der Waals surface area contributed by atoms with Gasteiger partial charge in [0.05, 0.1) is 13.3 Å². The Labute approximate surface area is 135 Å². The van der Waals surface area contributed by atoms with Crippen molar-refractivity contribution in [1.82, 2.24) is 19.6 Å². The quantitative estimate of drug-likeness (QED) is 0.610. The minimum absolute atomic E-state index is 0.0622. The van der Waals surface area contributed by atoms with Crippen molar-refractivity contribution < 1.29 is 9.59 Å². The number of carbonyl (C=O) groups is 2. The average molecular weight is 312 g/mol. The van der Waals surface area contributed by atoms with E-state index in [4.69, 9.17) is 0 Å². The molecule has 0 aromatic rings. The van der Waals surface area contributed by atoms with Gasteiger partial charge in [0.2, 0.25) is 0 Å². The lowest BCUT2D eigenvalue weighted by Crippen LogP contribution is -2.45. The van der Waals surface area contributed by atoms with Crippen LogP contribution in [0.4, 0.5) is 4.79 Å². The lowest BCUT2D eigenvalue weighted by molar-refractivity contribution is -0.130. The lowest BCUT2D eigenvalue weighted by atomic mass is 10.0. The Morgan fingerprint density at radius 1 is 1.00 bits per heavy atom. The van der Waals surface area contributed by atoms with Crippen LogP contribution >= 0.6 is 0 Å². The predicted molar refractivity (Wildman–Crippen MR) is 88.3 cm³/mol. The second-order valence-corrected chi connectivity index (χ2v) is 6.65. The number of nitrogens with zero attached hydrogens (tertiary/aromatic N) is 4. The minimum atomic E-state index is -0.346. The van der Waals surface area contributed by atoms with Crippen LogP contribution in [0.3, 0.4) is 0 Å². The number of urea groups is 1. The Balaban J connectivity index is 2.86. The fourth-order valence-electron chi connectivity index (χ4n) is 2.99. The zero-order chi connectivity index (χ0) is 16.9. The zero-order valence-electron chi connectivity index (χ0n) is 15.0. The summed E-state index contributed by atoms with van der Waals surface area (Å²) in [5.74, 6) is 0.0563. The molecule has 6 heteroatoms. The Bertz CT molecular complexity index is 386. The molecule has 6 nitrogen and oxygen atoms in total. The highest BCUT2D eigenvalue weighted by atomic mass is 16.2. The maximum absolute atomic E-state index is 12.7. The largest absolute Gasteiger partial charge is 0.329 e. The molecule has 0 bridgehead atoms. The van der Waals surface area contributed by atoms with Gasteiger partial charge < -0.3 is 0 Å². The fourth-order valence-corrected chi connectivity index (χ4v) is 2.99. The number of hydrogen-bond donors (Lipinski definition) is 0. The summed E-state index contributed by atoms with van der Waals surface area (Å²) < 4.78 is 0. The van der Waals surface area contributed by atoms with Gasteiger partial charge in [-0.15, -0.1) is 0 Å². The smallest absolute Gasteiger partial charge is 0.299 e. The third-order valence-corrected chi connectivity index (χ3v) is 3.95. The van der Waals surface area contributed by atoms with Crippen LogP contribution in [0.15, 0.2) is 0 Å². The maximum atomic E-state index is 12.7. The van der Waals surface area contributed by atoms with Gasteiger partial charge in [0.1, 0.15) is 6.04 Å². The van der Waals surface area contributed by atoms with Crippen molar-refractivity contribution in [2.45, 2.75) is 46.6 Å². The first-order valence-corrected chi connectivity index (χ1v) is 8.32. The topological polar surface area (TPSA) is 47.1 Å². The molecular weight excluding hydrogens is 280 g/mol. The third-order valence-electron chi connectivity index (χ3n) is 3.95. The number of rotatable bonds is 9. The molecule has 1 atom stereocenters. The summed E-state index contributed by atoms with van der Waals surface area (Å²) in [6.07, 6.45) is 2.03. The van der Waals surface area contributed by atoms with Crippen LogP contribution in [-0.4, -0.2) is 78.1 Å². The van der Waals surface area contributed by atoms with E-state index in [1.807, 2.05) is 32.8 Å². The summed E-state index contributed by atoms with van der Waals surface area (Å²) in [5, 5.41) is 0. The molecule has 3 amide bonds. The molecule has 0 N–H and O–H groups in total. The summed E-state index contributed by atoms with van der Waals surface area (Å²) >= 11 is 0. The van der Waals surface area contributed by atoms with Gasteiger partial charge in [-0.2, -0.15) is 0 Å². The van der Waals surface area contributed by atoms with Crippen LogP contribution in [-0.2, 0) is 4.79 Å². The first-order chi connectivity index (χ1) is 10.3. The van der Waals surface area contributed by atoms with Crippen LogP contribution < -0.4 is 0 Å². The second kappa shape index (κ2) is 8.48.